The maximum absolute atomic E-state index is 13.9. The molecule has 0 bridgehead atoms. The second kappa shape index (κ2) is 4.86. The minimum absolute atomic E-state index is 0.303. The van der Waals surface area contributed by atoms with Crippen LogP contribution >= 0.6 is 0 Å². The van der Waals surface area contributed by atoms with Gasteiger partial charge in [0.25, 0.3) is 0 Å². The van der Waals surface area contributed by atoms with Gasteiger partial charge in [-0.1, -0.05) is 37.5 Å². The van der Waals surface area contributed by atoms with Gasteiger partial charge in [0.15, 0.2) is 0 Å². The number of carbonyl (C=O) groups is 1. The van der Waals surface area contributed by atoms with Gasteiger partial charge in [-0.05, 0) is 18.9 Å². The van der Waals surface area contributed by atoms with Crippen molar-refractivity contribution in [2.24, 2.45) is 0 Å². The quantitative estimate of drug-likeness (QED) is 0.737. The number of benzene rings is 1. The predicted octanol–water partition coefficient (Wildman–Crippen LogP) is 3.20. The van der Waals surface area contributed by atoms with E-state index in [9.17, 15) is 9.18 Å². The lowest BCUT2D eigenvalue weighted by atomic mass is 9.69. The van der Waals surface area contributed by atoms with E-state index in [1.165, 1.54) is 13.2 Å². The standard InChI is InChI=1S/C14H17FO2/c1-17-13(16)14(9-5-2-6-10-14)11-7-3-4-8-12(11)15/h3-4,7-8H,2,5-6,9-10H2,1H3. The van der Waals surface area contributed by atoms with Gasteiger partial charge in [0.1, 0.15) is 5.82 Å². The maximum Gasteiger partial charge on any atom is 0.316 e. The van der Waals surface area contributed by atoms with Crippen LogP contribution in [0.25, 0.3) is 0 Å². The molecule has 2 rings (SSSR count). The molecule has 0 radical (unpaired) electrons. The minimum Gasteiger partial charge on any atom is -0.468 e. The summed E-state index contributed by atoms with van der Waals surface area (Å²) in [6.07, 6.45) is 4.36. The molecule has 3 heteroatoms. The van der Waals surface area contributed by atoms with Gasteiger partial charge < -0.3 is 4.74 Å². The molecular weight excluding hydrogens is 219 g/mol. The lowest BCUT2D eigenvalue weighted by Gasteiger charge is -2.35. The molecule has 0 atom stereocenters. The molecule has 1 aromatic carbocycles. The van der Waals surface area contributed by atoms with E-state index in [4.69, 9.17) is 4.74 Å². The number of methoxy groups -OCH3 is 1. The topological polar surface area (TPSA) is 26.3 Å². The first kappa shape index (κ1) is 12.1. The van der Waals surface area contributed by atoms with Gasteiger partial charge in [-0.3, -0.25) is 4.79 Å². The smallest absolute Gasteiger partial charge is 0.316 e. The van der Waals surface area contributed by atoms with Crippen LogP contribution in [-0.4, -0.2) is 13.1 Å². The summed E-state index contributed by atoms with van der Waals surface area (Å²) in [4.78, 5) is 12.1. The first-order valence-electron chi connectivity index (χ1n) is 6.04. The zero-order chi connectivity index (χ0) is 12.3. The van der Waals surface area contributed by atoms with Crippen LogP contribution in [-0.2, 0) is 14.9 Å². The second-order valence-electron chi connectivity index (χ2n) is 4.61. The van der Waals surface area contributed by atoms with Gasteiger partial charge in [0.2, 0.25) is 0 Å². The van der Waals surface area contributed by atoms with Crippen LogP contribution in [0, 0.1) is 5.82 Å². The Bertz CT molecular complexity index is 408. The zero-order valence-corrected chi connectivity index (χ0v) is 10.0. The van der Waals surface area contributed by atoms with E-state index in [2.05, 4.69) is 0 Å². The van der Waals surface area contributed by atoms with Gasteiger partial charge in [-0.15, -0.1) is 0 Å². The monoisotopic (exact) mass is 236 g/mol. The van der Waals surface area contributed by atoms with Crippen LogP contribution in [0.5, 0.6) is 0 Å². The first-order valence-corrected chi connectivity index (χ1v) is 6.04. The molecule has 0 saturated heterocycles. The highest BCUT2D eigenvalue weighted by Crippen LogP contribution is 2.41. The molecule has 0 unspecified atom stereocenters. The Morgan fingerprint density at radius 1 is 1.24 bits per heavy atom. The van der Waals surface area contributed by atoms with Crippen LogP contribution in [0.2, 0.25) is 0 Å². The summed E-state index contributed by atoms with van der Waals surface area (Å²) in [6, 6.07) is 6.54. The summed E-state index contributed by atoms with van der Waals surface area (Å²) in [5, 5.41) is 0. The van der Waals surface area contributed by atoms with Crippen molar-refractivity contribution in [1.82, 2.24) is 0 Å². The molecule has 0 N–H and O–H groups in total. The number of hydrogen-bond donors (Lipinski definition) is 0. The third-order valence-corrected chi connectivity index (χ3v) is 3.67. The number of rotatable bonds is 2. The molecule has 2 nitrogen and oxygen atoms in total. The summed E-state index contributed by atoms with van der Waals surface area (Å²) in [5.41, 5.74) is -0.273. The van der Waals surface area contributed by atoms with E-state index in [0.29, 0.717) is 18.4 Å². The van der Waals surface area contributed by atoms with Crippen LogP contribution in [0.4, 0.5) is 4.39 Å². The van der Waals surface area contributed by atoms with E-state index in [1.807, 2.05) is 0 Å². The number of carbonyl (C=O) groups excluding carboxylic acids is 1. The van der Waals surface area contributed by atoms with Crippen LogP contribution in [0.15, 0.2) is 24.3 Å². The Kier molecular flexibility index (Phi) is 3.46. The number of ether oxygens (including phenoxy) is 1. The largest absolute Gasteiger partial charge is 0.468 e. The second-order valence-corrected chi connectivity index (χ2v) is 4.61. The Labute approximate surface area is 101 Å². The molecule has 0 spiro atoms. The van der Waals surface area contributed by atoms with E-state index in [1.54, 1.807) is 18.2 Å². The number of halogens is 1. The Morgan fingerprint density at radius 3 is 2.47 bits per heavy atom. The van der Waals surface area contributed by atoms with Crippen molar-refractivity contribution in [2.75, 3.05) is 7.11 Å². The number of hydrogen-bond acceptors (Lipinski definition) is 2. The van der Waals surface area contributed by atoms with Crippen molar-refractivity contribution in [3.05, 3.63) is 35.6 Å². The summed E-state index contributed by atoms with van der Waals surface area (Å²) in [6.45, 7) is 0. The lowest BCUT2D eigenvalue weighted by Crippen LogP contribution is -2.39. The van der Waals surface area contributed by atoms with E-state index in [0.717, 1.165) is 19.3 Å². The average Bonchev–Trinajstić information content (AvgIpc) is 2.39. The van der Waals surface area contributed by atoms with E-state index >= 15 is 0 Å². The SMILES string of the molecule is COC(=O)C1(c2ccccc2F)CCCCC1. The zero-order valence-electron chi connectivity index (χ0n) is 10.0. The first-order chi connectivity index (χ1) is 8.20. The van der Waals surface area contributed by atoms with Crippen LogP contribution < -0.4 is 0 Å². The molecule has 17 heavy (non-hydrogen) atoms. The molecule has 1 aromatic rings. The van der Waals surface area contributed by atoms with Gasteiger partial charge in [-0.2, -0.15) is 0 Å². The van der Waals surface area contributed by atoms with Crippen molar-refractivity contribution in [1.29, 1.82) is 0 Å². The lowest BCUT2D eigenvalue weighted by molar-refractivity contribution is -0.149. The normalized spacial score (nSPS) is 18.7. The summed E-state index contributed by atoms with van der Waals surface area (Å²) in [5.74, 6) is -0.609. The van der Waals surface area contributed by atoms with Gasteiger partial charge in [-0.25, -0.2) is 4.39 Å². The molecule has 92 valence electrons. The summed E-state index contributed by atoms with van der Waals surface area (Å²) in [7, 11) is 1.37. The molecule has 0 aromatic heterocycles. The molecule has 1 aliphatic rings. The number of esters is 1. The van der Waals surface area contributed by atoms with Crippen LogP contribution in [0.3, 0.4) is 0 Å². The predicted molar refractivity (Wildman–Crippen MR) is 63.2 cm³/mol. The molecule has 0 amide bonds. The fraction of sp³-hybridized carbons (Fsp3) is 0.500. The van der Waals surface area contributed by atoms with Crippen molar-refractivity contribution >= 4 is 5.97 Å². The molecule has 0 aliphatic heterocycles. The molecule has 1 fully saturated rings. The van der Waals surface area contributed by atoms with Crippen molar-refractivity contribution in [3.8, 4) is 0 Å². The fourth-order valence-electron chi connectivity index (χ4n) is 2.78. The third kappa shape index (κ3) is 2.06. The highest BCUT2D eigenvalue weighted by Gasteiger charge is 2.43. The summed E-state index contributed by atoms with van der Waals surface area (Å²) >= 11 is 0. The minimum atomic E-state index is -0.766. The molecule has 1 saturated carbocycles. The Morgan fingerprint density at radius 2 is 1.88 bits per heavy atom. The van der Waals surface area contributed by atoms with E-state index < -0.39 is 5.41 Å². The van der Waals surface area contributed by atoms with E-state index in [-0.39, 0.29) is 11.8 Å². The van der Waals surface area contributed by atoms with Gasteiger partial charge in [0, 0.05) is 5.56 Å². The average molecular weight is 236 g/mol. The van der Waals surface area contributed by atoms with Gasteiger partial charge >= 0.3 is 5.97 Å². The maximum atomic E-state index is 13.9. The fourth-order valence-corrected chi connectivity index (χ4v) is 2.78. The highest BCUT2D eigenvalue weighted by molar-refractivity contribution is 5.83. The summed E-state index contributed by atoms with van der Waals surface area (Å²) < 4.78 is 18.8. The molecule has 1 aliphatic carbocycles. The van der Waals surface area contributed by atoms with Gasteiger partial charge in [0.05, 0.1) is 12.5 Å². The Hall–Kier alpha value is -1.38. The third-order valence-electron chi connectivity index (χ3n) is 3.67. The highest BCUT2D eigenvalue weighted by atomic mass is 19.1. The molecular formula is C14H17FO2. The Balaban J connectivity index is 2.46. The van der Waals surface area contributed by atoms with Crippen LogP contribution in [0.1, 0.15) is 37.7 Å². The van der Waals surface area contributed by atoms with Crippen molar-refractivity contribution < 1.29 is 13.9 Å². The van der Waals surface area contributed by atoms with Crippen molar-refractivity contribution in [2.45, 2.75) is 37.5 Å². The molecule has 0 heterocycles. The van der Waals surface area contributed by atoms with Crippen molar-refractivity contribution in [3.63, 3.8) is 0 Å².